The summed E-state index contributed by atoms with van der Waals surface area (Å²) < 4.78 is 31.8. The van der Waals surface area contributed by atoms with Crippen LogP contribution in [0.25, 0.3) is 0 Å². The van der Waals surface area contributed by atoms with E-state index in [9.17, 15) is 13.6 Å². The van der Waals surface area contributed by atoms with Crippen molar-refractivity contribution in [3.63, 3.8) is 0 Å². The lowest BCUT2D eigenvalue weighted by Crippen LogP contribution is -2.27. The molecule has 1 heterocycles. The molecule has 0 fully saturated rings. The highest BCUT2D eigenvalue weighted by Gasteiger charge is 2.40. The highest BCUT2D eigenvalue weighted by Crippen LogP contribution is 2.29. The number of rotatable bonds is 6. The summed E-state index contributed by atoms with van der Waals surface area (Å²) in [6.07, 6.45) is 1.21. The Kier molecular flexibility index (Phi) is 4.64. The molecular formula is C10H14ClF2N3O2. The number of methoxy groups -OCH3 is 1. The number of alkyl halides is 3. The fourth-order valence-corrected chi connectivity index (χ4v) is 1.43. The van der Waals surface area contributed by atoms with Gasteiger partial charge in [-0.05, 0) is 25.7 Å². The number of ether oxygens (including phenoxy) is 1. The molecule has 1 aromatic rings. The van der Waals surface area contributed by atoms with Crippen LogP contribution in [0.4, 0.5) is 8.78 Å². The van der Waals surface area contributed by atoms with Gasteiger partial charge in [0.1, 0.15) is 0 Å². The highest BCUT2D eigenvalue weighted by atomic mass is 35.5. The summed E-state index contributed by atoms with van der Waals surface area (Å²) in [7, 11) is 4.91. The minimum Gasteiger partial charge on any atom is -0.493 e. The van der Waals surface area contributed by atoms with Crippen LogP contribution in [0, 0.1) is 0 Å². The number of likely N-dealkylation sites (N-methyl/N-ethyl adjacent to an activating group) is 1. The molecule has 0 unspecified atom stereocenters. The number of carbonyl (C=O) groups is 1. The number of hydrogen-bond acceptors (Lipinski definition) is 4. The maximum Gasteiger partial charge on any atom is 0.386 e. The van der Waals surface area contributed by atoms with Crippen LogP contribution in [-0.2, 0) is 6.54 Å². The van der Waals surface area contributed by atoms with Gasteiger partial charge in [0, 0.05) is 6.54 Å². The van der Waals surface area contributed by atoms with E-state index in [2.05, 4.69) is 5.10 Å². The van der Waals surface area contributed by atoms with Crippen molar-refractivity contribution in [1.82, 2.24) is 14.7 Å². The van der Waals surface area contributed by atoms with Gasteiger partial charge in [-0.25, -0.2) is 0 Å². The number of nitrogens with zero attached hydrogens (tertiary/aromatic N) is 3. The van der Waals surface area contributed by atoms with Crippen molar-refractivity contribution in [1.29, 1.82) is 0 Å². The maximum absolute atomic E-state index is 12.9. The van der Waals surface area contributed by atoms with Gasteiger partial charge in [-0.2, -0.15) is 13.9 Å². The predicted molar refractivity (Wildman–Crippen MR) is 62.5 cm³/mol. The van der Waals surface area contributed by atoms with Gasteiger partial charge < -0.3 is 9.64 Å². The molecule has 0 bridgehead atoms. The molecule has 0 aromatic carbocycles. The first kappa shape index (κ1) is 14.8. The first-order chi connectivity index (χ1) is 8.27. The molecule has 0 N–H and O–H groups in total. The molecule has 0 amide bonds. The van der Waals surface area contributed by atoms with Gasteiger partial charge >= 0.3 is 5.38 Å². The van der Waals surface area contributed by atoms with E-state index in [1.807, 2.05) is 19.0 Å². The van der Waals surface area contributed by atoms with Crippen molar-refractivity contribution < 1.29 is 18.3 Å². The van der Waals surface area contributed by atoms with Gasteiger partial charge in [-0.3, -0.25) is 9.48 Å². The summed E-state index contributed by atoms with van der Waals surface area (Å²) >= 11 is 4.75. The second-order valence-electron chi connectivity index (χ2n) is 3.91. The Bertz CT molecular complexity index is 429. The van der Waals surface area contributed by atoms with Gasteiger partial charge in [0.2, 0.25) is 0 Å². The standard InChI is InChI=1S/C10H14ClF2N3O2/c1-15(2)4-5-16-8(7(18-3)6-14-16)9(17)10(11,12)13/h6H,4-5H2,1-3H3. The summed E-state index contributed by atoms with van der Waals surface area (Å²) in [5.74, 6) is -1.53. The van der Waals surface area contributed by atoms with E-state index in [0.717, 1.165) is 4.68 Å². The molecule has 0 atom stereocenters. The van der Waals surface area contributed by atoms with Gasteiger partial charge in [0.05, 0.1) is 19.9 Å². The third-order valence-electron chi connectivity index (χ3n) is 2.26. The number of halogens is 3. The average Bonchev–Trinajstić information content (AvgIpc) is 2.66. The van der Waals surface area contributed by atoms with Crippen LogP contribution >= 0.6 is 11.6 Å². The molecule has 0 aliphatic carbocycles. The molecule has 8 heteroatoms. The summed E-state index contributed by atoms with van der Waals surface area (Å²) in [6, 6.07) is 0. The molecule has 0 aliphatic rings. The first-order valence-corrected chi connectivity index (χ1v) is 5.51. The Morgan fingerprint density at radius 1 is 1.61 bits per heavy atom. The van der Waals surface area contributed by atoms with Gasteiger partial charge in [0.25, 0.3) is 5.78 Å². The summed E-state index contributed by atoms with van der Waals surface area (Å²) in [6.45, 7) is 0.823. The molecule has 102 valence electrons. The van der Waals surface area contributed by atoms with E-state index < -0.39 is 11.2 Å². The number of hydrogen-bond donors (Lipinski definition) is 0. The van der Waals surface area contributed by atoms with Gasteiger partial charge in [0.15, 0.2) is 11.4 Å². The molecule has 0 saturated heterocycles. The van der Waals surface area contributed by atoms with E-state index in [-0.39, 0.29) is 18.0 Å². The summed E-state index contributed by atoms with van der Waals surface area (Å²) in [4.78, 5) is 13.4. The second kappa shape index (κ2) is 5.62. The Morgan fingerprint density at radius 2 is 2.22 bits per heavy atom. The molecule has 1 rings (SSSR count). The third kappa shape index (κ3) is 3.39. The topological polar surface area (TPSA) is 47.4 Å². The van der Waals surface area contributed by atoms with Crippen molar-refractivity contribution in [3.8, 4) is 5.75 Å². The molecule has 18 heavy (non-hydrogen) atoms. The molecule has 5 nitrogen and oxygen atoms in total. The van der Waals surface area contributed by atoms with Gasteiger partial charge in [-0.1, -0.05) is 0 Å². The molecule has 0 saturated carbocycles. The molecular weight excluding hydrogens is 268 g/mol. The van der Waals surface area contributed by atoms with E-state index in [1.54, 1.807) is 0 Å². The zero-order valence-corrected chi connectivity index (χ0v) is 11.0. The largest absolute Gasteiger partial charge is 0.493 e. The zero-order valence-electron chi connectivity index (χ0n) is 10.3. The number of ketones is 1. The molecule has 0 aliphatic heterocycles. The van der Waals surface area contributed by atoms with Crippen molar-refractivity contribution in [2.75, 3.05) is 27.7 Å². The van der Waals surface area contributed by atoms with Crippen molar-refractivity contribution in [2.45, 2.75) is 11.9 Å². The second-order valence-corrected chi connectivity index (χ2v) is 4.39. The average molecular weight is 282 g/mol. The fourth-order valence-electron chi connectivity index (χ4n) is 1.35. The van der Waals surface area contributed by atoms with E-state index >= 15 is 0 Å². The minimum atomic E-state index is -3.97. The Hall–Kier alpha value is -1.21. The molecule has 1 aromatic heterocycles. The van der Waals surface area contributed by atoms with Crippen LogP contribution in [0.3, 0.4) is 0 Å². The normalized spacial score (nSPS) is 11.9. The van der Waals surface area contributed by atoms with Crippen LogP contribution in [-0.4, -0.2) is 53.6 Å². The Morgan fingerprint density at radius 3 is 2.67 bits per heavy atom. The van der Waals surface area contributed by atoms with Gasteiger partial charge in [-0.15, -0.1) is 0 Å². The Labute approximate surface area is 108 Å². The summed E-state index contributed by atoms with van der Waals surface area (Å²) in [5, 5.41) is -0.123. The van der Waals surface area contributed by atoms with Crippen LogP contribution in [0.15, 0.2) is 6.20 Å². The number of carbonyl (C=O) groups excluding carboxylic acids is 1. The number of aromatic nitrogens is 2. The smallest absolute Gasteiger partial charge is 0.386 e. The quantitative estimate of drug-likeness (QED) is 0.585. The zero-order chi connectivity index (χ0) is 13.9. The summed E-state index contributed by atoms with van der Waals surface area (Å²) in [5.41, 5.74) is -0.320. The molecule has 0 radical (unpaired) electrons. The fraction of sp³-hybridized carbons (Fsp3) is 0.600. The lowest BCUT2D eigenvalue weighted by Gasteiger charge is -2.13. The highest BCUT2D eigenvalue weighted by molar-refractivity contribution is 6.35. The predicted octanol–water partition coefficient (Wildman–Crippen LogP) is 1.47. The Balaban J connectivity index is 3.06. The SMILES string of the molecule is COc1cnn(CCN(C)C)c1C(=O)C(F)(F)Cl. The maximum atomic E-state index is 12.9. The molecule has 0 spiro atoms. The first-order valence-electron chi connectivity index (χ1n) is 5.13. The van der Waals surface area contributed by atoms with Crippen molar-refractivity contribution >= 4 is 17.4 Å². The van der Waals surface area contributed by atoms with Crippen LogP contribution in [0.5, 0.6) is 5.75 Å². The minimum absolute atomic E-state index is 0.0147. The third-order valence-corrected chi connectivity index (χ3v) is 2.43. The van der Waals surface area contributed by atoms with Crippen LogP contribution < -0.4 is 4.74 Å². The lowest BCUT2D eigenvalue weighted by molar-refractivity contribution is 0.0520. The van der Waals surface area contributed by atoms with Crippen LogP contribution in [0.2, 0.25) is 0 Å². The van der Waals surface area contributed by atoms with E-state index in [4.69, 9.17) is 16.3 Å². The lowest BCUT2D eigenvalue weighted by atomic mass is 10.2. The monoisotopic (exact) mass is 281 g/mol. The van der Waals surface area contributed by atoms with E-state index in [1.165, 1.54) is 13.3 Å². The van der Waals surface area contributed by atoms with E-state index in [0.29, 0.717) is 6.54 Å². The van der Waals surface area contributed by atoms with Crippen LogP contribution in [0.1, 0.15) is 10.5 Å². The van der Waals surface area contributed by atoms with Crippen molar-refractivity contribution in [3.05, 3.63) is 11.9 Å². The number of Topliss-reactive ketones (excluding diaryl/α,β-unsaturated/α-hetero) is 1. The van der Waals surface area contributed by atoms with Crippen molar-refractivity contribution in [2.24, 2.45) is 0 Å².